The van der Waals surface area contributed by atoms with E-state index in [0.29, 0.717) is 11.6 Å². The van der Waals surface area contributed by atoms with Gasteiger partial charge in [-0.2, -0.15) is 13.2 Å². The molecule has 0 amide bonds. The molecule has 0 unspecified atom stereocenters. The molecule has 3 rings (SSSR count). The van der Waals surface area contributed by atoms with Gasteiger partial charge in [-0.3, -0.25) is 0 Å². The lowest BCUT2D eigenvalue weighted by Crippen LogP contribution is -2.05. The third-order valence-electron chi connectivity index (χ3n) is 3.25. The number of pyridine rings is 1. The predicted molar refractivity (Wildman–Crippen MR) is 73.8 cm³/mol. The number of nitrogens with zero attached hydrogens (tertiary/aromatic N) is 1. The molecule has 22 heavy (non-hydrogen) atoms. The van der Waals surface area contributed by atoms with Crippen molar-refractivity contribution in [2.24, 2.45) is 0 Å². The number of hydrogen-bond acceptors (Lipinski definition) is 2. The first-order valence-electron chi connectivity index (χ1n) is 6.31. The number of alkyl halides is 3. The standard InChI is InChI=1S/C16H9F4NO/c17-13-7-10(16(18,19)20)3-5-12(13)14-6-2-9-1-4-11(22)8-15(9)21-14/h1-8,22H. The molecule has 3 aromatic rings. The molecular weight excluding hydrogens is 298 g/mol. The summed E-state index contributed by atoms with van der Waals surface area (Å²) in [5, 5.41) is 10.2. The van der Waals surface area contributed by atoms with Crippen LogP contribution in [0, 0.1) is 5.82 Å². The molecule has 0 aliphatic carbocycles. The highest BCUT2D eigenvalue weighted by Gasteiger charge is 2.31. The van der Waals surface area contributed by atoms with E-state index in [1.165, 1.54) is 18.2 Å². The van der Waals surface area contributed by atoms with E-state index in [1.807, 2.05) is 0 Å². The fourth-order valence-corrected chi connectivity index (χ4v) is 2.15. The van der Waals surface area contributed by atoms with E-state index in [0.717, 1.165) is 17.5 Å². The first kappa shape index (κ1) is 14.3. The van der Waals surface area contributed by atoms with Crippen LogP contribution >= 0.6 is 0 Å². The molecule has 0 aliphatic heterocycles. The van der Waals surface area contributed by atoms with Gasteiger partial charge in [0.2, 0.25) is 0 Å². The van der Waals surface area contributed by atoms with E-state index in [2.05, 4.69) is 4.98 Å². The summed E-state index contributed by atoms with van der Waals surface area (Å²) in [5.41, 5.74) is -0.452. The molecule has 0 spiro atoms. The minimum absolute atomic E-state index is 0.00467. The van der Waals surface area contributed by atoms with Crippen molar-refractivity contribution in [3.05, 3.63) is 59.9 Å². The molecule has 0 saturated heterocycles. The van der Waals surface area contributed by atoms with Gasteiger partial charge < -0.3 is 5.11 Å². The molecular formula is C16H9F4NO. The van der Waals surface area contributed by atoms with Gasteiger partial charge in [0.15, 0.2) is 0 Å². The number of aromatic hydroxyl groups is 1. The SMILES string of the molecule is Oc1ccc2ccc(-c3ccc(C(F)(F)F)cc3F)nc2c1. The van der Waals surface area contributed by atoms with Crippen molar-refractivity contribution in [2.45, 2.75) is 6.18 Å². The van der Waals surface area contributed by atoms with Crippen molar-refractivity contribution in [1.82, 2.24) is 4.98 Å². The molecule has 0 bridgehead atoms. The van der Waals surface area contributed by atoms with Gasteiger partial charge in [-0.25, -0.2) is 9.37 Å². The lowest BCUT2D eigenvalue weighted by atomic mass is 10.1. The number of phenolic OH excluding ortho intramolecular Hbond substituents is 1. The summed E-state index contributed by atoms with van der Waals surface area (Å²) >= 11 is 0. The highest BCUT2D eigenvalue weighted by atomic mass is 19.4. The van der Waals surface area contributed by atoms with Gasteiger partial charge in [-0.1, -0.05) is 6.07 Å². The third kappa shape index (κ3) is 2.59. The van der Waals surface area contributed by atoms with Crippen molar-refractivity contribution >= 4 is 10.9 Å². The fourth-order valence-electron chi connectivity index (χ4n) is 2.15. The van der Waals surface area contributed by atoms with Gasteiger partial charge in [0, 0.05) is 17.0 Å². The lowest BCUT2D eigenvalue weighted by molar-refractivity contribution is -0.137. The summed E-state index contributed by atoms with van der Waals surface area (Å²) < 4.78 is 51.6. The first-order chi connectivity index (χ1) is 10.3. The predicted octanol–water partition coefficient (Wildman–Crippen LogP) is 4.77. The average molecular weight is 307 g/mol. The van der Waals surface area contributed by atoms with Crippen LogP contribution in [0.4, 0.5) is 17.6 Å². The van der Waals surface area contributed by atoms with Gasteiger partial charge >= 0.3 is 6.18 Å². The number of benzene rings is 2. The van der Waals surface area contributed by atoms with Gasteiger partial charge in [0.1, 0.15) is 11.6 Å². The van der Waals surface area contributed by atoms with Gasteiger partial charge in [-0.15, -0.1) is 0 Å². The molecule has 0 radical (unpaired) electrons. The second-order valence-corrected chi connectivity index (χ2v) is 4.77. The Morgan fingerprint density at radius 1 is 0.909 bits per heavy atom. The summed E-state index contributed by atoms with van der Waals surface area (Å²) in [5.74, 6) is -0.994. The van der Waals surface area contributed by atoms with Crippen LogP contribution in [0.3, 0.4) is 0 Å². The maximum absolute atomic E-state index is 14.0. The zero-order valence-corrected chi connectivity index (χ0v) is 11.0. The number of rotatable bonds is 1. The van der Waals surface area contributed by atoms with Crippen LogP contribution in [0.5, 0.6) is 5.75 Å². The largest absolute Gasteiger partial charge is 0.508 e. The van der Waals surface area contributed by atoms with Gasteiger partial charge in [0.05, 0.1) is 16.8 Å². The Morgan fingerprint density at radius 2 is 1.64 bits per heavy atom. The van der Waals surface area contributed by atoms with Crippen molar-refractivity contribution < 1.29 is 22.7 Å². The Morgan fingerprint density at radius 3 is 2.32 bits per heavy atom. The highest BCUT2D eigenvalue weighted by molar-refractivity contribution is 5.82. The van der Waals surface area contributed by atoms with Crippen LogP contribution in [0.1, 0.15) is 5.56 Å². The molecule has 6 heteroatoms. The Kier molecular flexibility index (Phi) is 3.24. The highest BCUT2D eigenvalue weighted by Crippen LogP contribution is 2.33. The summed E-state index contributed by atoms with van der Waals surface area (Å²) in [6, 6.07) is 10.0. The Labute approximate surface area is 122 Å². The molecule has 1 N–H and O–H groups in total. The van der Waals surface area contributed by atoms with Gasteiger partial charge in [-0.05, 0) is 36.4 Å². The van der Waals surface area contributed by atoms with E-state index < -0.39 is 17.6 Å². The molecule has 1 aromatic heterocycles. The quantitative estimate of drug-likeness (QED) is 0.657. The number of aromatic nitrogens is 1. The first-order valence-corrected chi connectivity index (χ1v) is 6.31. The Balaban J connectivity index is 2.11. The smallest absolute Gasteiger partial charge is 0.416 e. The topological polar surface area (TPSA) is 33.1 Å². The lowest BCUT2D eigenvalue weighted by Gasteiger charge is -2.09. The second-order valence-electron chi connectivity index (χ2n) is 4.77. The van der Waals surface area contributed by atoms with Crippen LogP contribution in [-0.2, 0) is 6.18 Å². The summed E-state index contributed by atoms with van der Waals surface area (Å²) in [6.07, 6.45) is -4.60. The molecule has 2 aromatic carbocycles. The van der Waals surface area contributed by atoms with Crippen LogP contribution in [0.15, 0.2) is 48.5 Å². The third-order valence-corrected chi connectivity index (χ3v) is 3.25. The van der Waals surface area contributed by atoms with E-state index in [-0.39, 0.29) is 17.0 Å². The molecule has 0 fully saturated rings. The van der Waals surface area contributed by atoms with E-state index in [9.17, 15) is 22.7 Å². The molecule has 2 nitrogen and oxygen atoms in total. The fraction of sp³-hybridized carbons (Fsp3) is 0.0625. The van der Waals surface area contributed by atoms with Crippen molar-refractivity contribution in [2.75, 3.05) is 0 Å². The zero-order chi connectivity index (χ0) is 15.9. The van der Waals surface area contributed by atoms with E-state index in [4.69, 9.17) is 0 Å². The van der Waals surface area contributed by atoms with E-state index >= 15 is 0 Å². The van der Waals surface area contributed by atoms with Crippen molar-refractivity contribution in [3.8, 4) is 17.0 Å². The van der Waals surface area contributed by atoms with Crippen LogP contribution < -0.4 is 0 Å². The zero-order valence-electron chi connectivity index (χ0n) is 11.0. The normalized spacial score (nSPS) is 11.8. The number of phenols is 1. The molecule has 112 valence electrons. The minimum Gasteiger partial charge on any atom is -0.508 e. The molecule has 0 atom stereocenters. The number of fused-ring (bicyclic) bond motifs is 1. The van der Waals surface area contributed by atoms with Crippen molar-refractivity contribution in [3.63, 3.8) is 0 Å². The summed E-state index contributed by atoms with van der Waals surface area (Å²) in [7, 11) is 0. The number of halogens is 4. The monoisotopic (exact) mass is 307 g/mol. The van der Waals surface area contributed by atoms with E-state index in [1.54, 1.807) is 12.1 Å². The maximum Gasteiger partial charge on any atom is 0.416 e. The molecule has 0 aliphatic rings. The Bertz CT molecular complexity index is 858. The van der Waals surface area contributed by atoms with Gasteiger partial charge in [0.25, 0.3) is 0 Å². The van der Waals surface area contributed by atoms with Crippen molar-refractivity contribution in [1.29, 1.82) is 0 Å². The second kappa shape index (κ2) is 4.98. The average Bonchev–Trinajstić information content (AvgIpc) is 2.45. The summed E-state index contributed by atoms with van der Waals surface area (Å²) in [4.78, 5) is 4.18. The van der Waals surface area contributed by atoms with Crippen LogP contribution in [0.2, 0.25) is 0 Å². The minimum atomic E-state index is -4.60. The number of hydrogen-bond donors (Lipinski definition) is 1. The Hall–Kier alpha value is -2.63. The maximum atomic E-state index is 14.0. The summed E-state index contributed by atoms with van der Waals surface area (Å²) in [6.45, 7) is 0. The van der Waals surface area contributed by atoms with Crippen LogP contribution in [-0.4, -0.2) is 10.1 Å². The molecule has 1 heterocycles. The molecule has 0 saturated carbocycles. The van der Waals surface area contributed by atoms with Crippen LogP contribution in [0.25, 0.3) is 22.2 Å².